The molecule has 1 atom stereocenters. The summed E-state index contributed by atoms with van der Waals surface area (Å²) < 4.78 is 0. The van der Waals surface area contributed by atoms with Crippen molar-refractivity contribution < 1.29 is 0 Å². The molecule has 0 fully saturated rings. The van der Waals surface area contributed by atoms with Crippen molar-refractivity contribution in [2.45, 2.75) is 46.1 Å². The van der Waals surface area contributed by atoms with Gasteiger partial charge in [0.25, 0.3) is 0 Å². The standard InChI is InChI=1S/C16H28N2/c1-4-5-14-6-8-15(9-7-14)10-11-18-16(12-17)13(2)3/h6-9,13,16,18H,4-5,10-12,17H2,1-3H3. The van der Waals surface area contributed by atoms with Gasteiger partial charge in [-0.3, -0.25) is 0 Å². The van der Waals surface area contributed by atoms with Crippen molar-refractivity contribution in [3.05, 3.63) is 35.4 Å². The average Bonchev–Trinajstić information content (AvgIpc) is 2.36. The quantitative estimate of drug-likeness (QED) is 0.742. The monoisotopic (exact) mass is 248 g/mol. The average molecular weight is 248 g/mol. The summed E-state index contributed by atoms with van der Waals surface area (Å²) >= 11 is 0. The van der Waals surface area contributed by atoms with Crippen LogP contribution in [-0.4, -0.2) is 19.1 Å². The molecule has 0 saturated heterocycles. The van der Waals surface area contributed by atoms with E-state index in [0.717, 1.165) is 13.0 Å². The van der Waals surface area contributed by atoms with Crippen molar-refractivity contribution in [3.8, 4) is 0 Å². The molecular weight excluding hydrogens is 220 g/mol. The molecule has 0 amide bonds. The Morgan fingerprint density at radius 3 is 2.06 bits per heavy atom. The molecule has 1 unspecified atom stereocenters. The van der Waals surface area contributed by atoms with E-state index >= 15 is 0 Å². The zero-order valence-corrected chi connectivity index (χ0v) is 12.1. The molecule has 18 heavy (non-hydrogen) atoms. The van der Waals surface area contributed by atoms with Crippen molar-refractivity contribution in [3.63, 3.8) is 0 Å². The second-order valence-corrected chi connectivity index (χ2v) is 5.36. The molecule has 0 aromatic heterocycles. The summed E-state index contributed by atoms with van der Waals surface area (Å²) in [5.74, 6) is 0.599. The highest BCUT2D eigenvalue weighted by Gasteiger charge is 2.09. The van der Waals surface area contributed by atoms with Gasteiger partial charge < -0.3 is 11.1 Å². The molecule has 1 rings (SSSR count). The van der Waals surface area contributed by atoms with E-state index in [1.807, 2.05) is 0 Å². The predicted octanol–water partition coefficient (Wildman–Crippen LogP) is 2.75. The number of nitrogens with two attached hydrogens (primary N) is 1. The van der Waals surface area contributed by atoms with Gasteiger partial charge in [0.1, 0.15) is 0 Å². The van der Waals surface area contributed by atoms with Gasteiger partial charge in [0, 0.05) is 12.6 Å². The molecule has 0 radical (unpaired) electrons. The van der Waals surface area contributed by atoms with Crippen molar-refractivity contribution in [2.75, 3.05) is 13.1 Å². The lowest BCUT2D eigenvalue weighted by Gasteiger charge is -2.20. The van der Waals surface area contributed by atoms with Crippen LogP contribution in [0.15, 0.2) is 24.3 Å². The Bertz CT molecular complexity index is 316. The normalized spacial score (nSPS) is 12.9. The van der Waals surface area contributed by atoms with Crippen LogP contribution >= 0.6 is 0 Å². The molecular formula is C16H28N2. The van der Waals surface area contributed by atoms with Crippen LogP contribution in [0.2, 0.25) is 0 Å². The molecule has 3 N–H and O–H groups in total. The smallest absolute Gasteiger partial charge is 0.0213 e. The second kappa shape index (κ2) is 8.28. The lowest BCUT2D eigenvalue weighted by molar-refractivity contribution is 0.409. The fourth-order valence-corrected chi connectivity index (χ4v) is 2.15. The van der Waals surface area contributed by atoms with Crippen LogP contribution in [0.5, 0.6) is 0 Å². The maximum atomic E-state index is 5.74. The Hall–Kier alpha value is -0.860. The minimum absolute atomic E-state index is 0.435. The van der Waals surface area contributed by atoms with Crippen molar-refractivity contribution >= 4 is 0 Å². The second-order valence-electron chi connectivity index (χ2n) is 5.36. The summed E-state index contributed by atoms with van der Waals surface area (Å²) in [6.45, 7) is 8.37. The minimum atomic E-state index is 0.435. The molecule has 0 spiro atoms. The summed E-state index contributed by atoms with van der Waals surface area (Å²) in [6, 6.07) is 9.44. The number of nitrogens with one attached hydrogen (secondary N) is 1. The highest BCUT2D eigenvalue weighted by Crippen LogP contribution is 2.07. The zero-order chi connectivity index (χ0) is 13.4. The van der Waals surface area contributed by atoms with Gasteiger partial charge in [-0.05, 0) is 36.4 Å². The highest BCUT2D eigenvalue weighted by atomic mass is 14.9. The first-order chi connectivity index (χ1) is 8.67. The predicted molar refractivity (Wildman–Crippen MR) is 79.8 cm³/mol. The van der Waals surface area contributed by atoms with Gasteiger partial charge in [0.15, 0.2) is 0 Å². The number of rotatable bonds is 8. The summed E-state index contributed by atoms with van der Waals surface area (Å²) in [7, 11) is 0. The molecule has 102 valence electrons. The first-order valence-electron chi connectivity index (χ1n) is 7.18. The van der Waals surface area contributed by atoms with Crippen LogP contribution in [0, 0.1) is 5.92 Å². The van der Waals surface area contributed by atoms with Gasteiger partial charge in [0.05, 0.1) is 0 Å². The summed E-state index contributed by atoms with van der Waals surface area (Å²) in [5, 5.41) is 3.53. The fraction of sp³-hybridized carbons (Fsp3) is 0.625. The van der Waals surface area contributed by atoms with Crippen molar-refractivity contribution in [1.29, 1.82) is 0 Å². The van der Waals surface area contributed by atoms with E-state index in [1.165, 1.54) is 24.0 Å². The summed E-state index contributed by atoms with van der Waals surface area (Å²) in [6.07, 6.45) is 3.48. The van der Waals surface area contributed by atoms with Crippen molar-refractivity contribution in [2.24, 2.45) is 11.7 Å². The van der Waals surface area contributed by atoms with Crippen LogP contribution in [0.25, 0.3) is 0 Å². The molecule has 1 aromatic carbocycles. The van der Waals surface area contributed by atoms with Gasteiger partial charge in [0.2, 0.25) is 0 Å². The fourth-order valence-electron chi connectivity index (χ4n) is 2.15. The molecule has 2 nitrogen and oxygen atoms in total. The molecule has 0 aliphatic heterocycles. The van der Waals surface area contributed by atoms with E-state index < -0.39 is 0 Å². The molecule has 1 aromatic rings. The van der Waals surface area contributed by atoms with Crippen LogP contribution in [0.3, 0.4) is 0 Å². The lowest BCUT2D eigenvalue weighted by Crippen LogP contribution is -2.41. The van der Waals surface area contributed by atoms with Gasteiger partial charge in [-0.25, -0.2) is 0 Å². The van der Waals surface area contributed by atoms with Gasteiger partial charge in [-0.1, -0.05) is 51.5 Å². The van der Waals surface area contributed by atoms with E-state index in [9.17, 15) is 0 Å². The largest absolute Gasteiger partial charge is 0.329 e. The van der Waals surface area contributed by atoms with Gasteiger partial charge in [-0.2, -0.15) is 0 Å². The lowest BCUT2D eigenvalue weighted by atomic mass is 10.0. The molecule has 2 heteroatoms. The molecule has 0 heterocycles. The van der Waals surface area contributed by atoms with E-state index in [4.69, 9.17) is 5.73 Å². The Labute approximate surface area is 112 Å². The third kappa shape index (κ3) is 5.19. The van der Waals surface area contributed by atoms with E-state index in [1.54, 1.807) is 0 Å². The van der Waals surface area contributed by atoms with E-state index in [0.29, 0.717) is 18.5 Å². The Balaban J connectivity index is 2.34. The number of hydrogen-bond acceptors (Lipinski definition) is 2. The maximum Gasteiger partial charge on any atom is 0.0213 e. The SMILES string of the molecule is CCCc1ccc(CCNC(CN)C(C)C)cc1. The third-order valence-electron chi connectivity index (χ3n) is 3.44. The van der Waals surface area contributed by atoms with Crippen LogP contribution in [-0.2, 0) is 12.8 Å². The molecule has 0 aliphatic carbocycles. The Kier molecular flexibility index (Phi) is 6.99. The van der Waals surface area contributed by atoms with Crippen molar-refractivity contribution in [1.82, 2.24) is 5.32 Å². The molecule has 0 bridgehead atoms. The number of aryl methyl sites for hydroxylation is 1. The van der Waals surface area contributed by atoms with Gasteiger partial charge in [-0.15, -0.1) is 0 Å². The van der Waals surface area contributed by atoms with Crippen LogP contribution < -0.4 is 11.1 Å². The number of hydrogen-bond donors (Lipinski definition) is 2. The zero-order valence-electron chi connectivity index (χ0n) is 12.1. The third-order valence-corrected chi connectivity index (χ3v) is 3.44. The van der Waals surface area contributed by atoms with Gasteiger partial charge >= 0.3 is 0 Å². The summed E-state index contributed by atoms with van der Waals surface area (Å²) in [4.78, 5) is 0. The first-order valence-corrected chi connectivity index (χ1v) is 7.18. The van der Waals surface area contributed by atoms with E-state index in [-0.39, 0.29) is 0 Å². The first kappa shape index (κ1) is 15.2. The maximum absolute atomic E-state index is 5.74. The number of benzene rings is 1. The topological polar surface area (TPSA) is 38.0 Å². The molecule has 0 saturated carbocycles. The van der Waals surface area contributed by atoms with E-state index in [2.05, 4.69) is 50.4 Å². The Morgan fingerprint density at radius 1 is 1.06 bits per heavy atom. The minimum Gasteiger partial charge on any atom is -0.329 e. The highest BCUT2D eigenvalue weighted by molar-refractivity contribution is 5.22. The summed E-state index contributed by atoms with van der Waals surface area (Å²) in [5.41, 5.74) is 8.59. The van der Waals surface area contributed by atoms with Crippen LogP contribution in [0.4, 0.5) is 0 Å². The van der Waals surface area contributed by atoms with Crippen LogP contribution in [0.1, 0.15) is 38.3 Å². The Morgan fingerprint density at radius 2 is 1.61 bits per heavy atom. The molecule has 0 aliphatic rings.